The van der Waals surface area contributed by atoms with Crippen LogP contribution in [0.25, 0.3) is 21.4 Å². The molecular weight excluding hydrogens is 466 g/mol. The van der Waals surface area contributed by atoms with Gasteiger partial charge in [-0.3, -0.25) is 4.79 Å². The fraction of sp³-hybridized carbons (Fsp3) is 0.320. The van der Waals surface area contributed by atoms with Crippen molar-refractivity contribution in [2.45, 2.75) is 0 Å². The van der Waals surface area contributed by atoms with E-state index < -0.39 is 0 Å². The van der Waals surface area contributed by atoms with E-state index in [9.17, 15) is 4.79 Å². The predicted molar refractivity (Wildman–Crippen MR) is 137 cm³/mol. The quantitative estimate of drug-likeness (QED) is 0.448. The Hall–Kier alpha value is -3.47. The molecule has 4 aromatic rings. The first-order chi connectivity index (χ1) is 17.2. The number of ether oxygens (including phenoxy) is 2. The number of aromatic nitrogens is 2. The van der Waals surface area contributed by atoms with E-state index >= 15 is 0 Å². The van der Waals surface area contributed by atoms with Crippen LogP contribution in [0.15, 0.2) is 57.2 Å². The molecule has 2 aliphatic heterocycles. The summed E-state index contributed by atoms with van der Waals surface area (Å²) in [4.78, 5) is 26.0. The number of hydrogen-bond acceptors (Lipinski definition) is 10. The SMILES string of the molecule is O=c1cc(N2CCOCC2)oc2c(-c3ccc(Nc4nccc(N5CCOCC5)n4)cc3)csc12. The van der Waals surface area contributed by atoms with Crippen molar-refractivity contribution in [3.63, 3.8) is 0 Å². The number of thiophene rings is 1. The zero-order valence-corrected chi connectivity index (χ0v) is 19.9. The third-order valence-corrected chi connectivity index (χ3v) is 7.16. The van der Waals surface area contributed by atoms with E-state index in [2.05, 4.69) is 25.1 Å². The van der Waals surface area contributed by atoms with Gasteiger partial charge in [0.2, 0.25) is 11.4 Å². The molecule has 2 fully saturated rings. The highest BCUT2D eigenvalue weighted by Crippen LogP contribution is 2.35. The highest BCUT2D eigenvalue weighted by Gasteiger charge is 2.19. The molecule has 0 atom stereocenters. The van der Waals surface area contributed by atoms with Crippen molar-refractivity contribution in [1.82, 2.24) is 9.97 Å². The van der Waals surface area contributed by atoms with Gasteiger partial charge >= 0.3 is 0 Å². The summed E-state index contributed by atoms with van der Waals surface area (Å²) >= 11 is 1.41. The van der Waals surface area contributed by atoms with E-state index in [4.69, 9.17) is 13.9 Å². The lowest BCUT2D eigenvalue weighted by Gasteiger charge is -2.27. The number of nitrogens with one attached hydrogen (secondary N) is 1. The number of nitrogens with zero attached hydrogens (tertiary/aromatic N) is 4. The van der Waals surface area contributed by atoms with Crippen LogP contribution in [-0.2, 0) is 9.47 Å². The number of rotatable bonds is 5. The summed E-state index contributed by atoms with van der Waals surface area (Å²) < 4.78 is 17.7. The number of anilines is 4. The molecule has 6 rings (SSSR count). The smallest absolute Gasteiger partial charge is 0.229 e. The number of morpholine rings is 2. The van der Waals surface area contributed by atoms with Gasteiger partial charge in [-0.1, -0.05) is 12.1 Å². The molecule has 180 valence electrons. The van der Waals surface area contributed by atoms with Gasteiger partial charge in [-0.2, -0.15) is 4.98 Å². The minimum atomic E-state index is -0.0143. The Morgan fingerprint density at radius 1 is 0.914 bits per heavy atom. The average Bonchev–Trinajstić information content (AvgIpc) is 3.35. The van der Waals surface area contributed by atoms with E-state index in [1.54, 1.807) is 12.3 Å². The third-order valence-electron chi connectivity index (χ3n) is 6.18. The Balaban J connectivity index is 1.24. The lowest BCUT2D eigenvalue weighted by molar-refractivity contribution is 0.121. The Morgan fingerprint density at radius 2 is 1.63 bits per heavy atom. The molecule has 0 aliphatic carbocycles. The van der Waals surface area contributed by atoms with Gasteiger partial charge in [0, 0.05) is 55.1 Å². The minimum absolute atomic E-state index is 0.0143. The van der Waals surface area contributed by atoms with E-state index in [1.807, 2.05) is 35.7 Å². The summed E-state index contributed by atoms with van der Waals surface area (Å²) in [6.45, 7) is 5.75. The Bertz CT molecular complexity index is 1370. The highest BCUT2D eigenvalue weighted by molar-refractivity contribution is 7.17. The van der Waals surface area contributed by atoms with Gasteiger partial charge in [-0.25, -0.2) is 4.98 Å². The van der Waals surface area contributed by atoms with Crippen molar-refractivity contribution >= 4 is 45.0 Å². The van der Waals surface area contributed by atoms with Crippen LogP contribution in [0.3, 0.4) is 0 Å². The number of hydrogen-bond donors (Lipinski definition) is 1. The summed E-state index contributed by atoms with van der Waals surface area (Å²) in [6.07, 6.45) is 1.76. The first-order valence-electron chi connectivity index (χ1n) is 11.7. The largest absolute Gasteiger partial charge is 0.439 e. The molecule has 0 spiro atoms. The zero-order valence-electron chi connectivity index (χ0n) is 19.1. The second-order valence-electron chi connectivity index (χ2n) is 8.40. The van der Waals surface area contributed by atoms with Crippen LogP contribution in [0, 0.1) is 0 Å². The number of benzene rings is 1. The molecule has 2 aliphatic rings. The predicted octanol–water partition coefficient (Wildman–Crippen LogP) is 3.73. The van der Waals surface area contributed by atoms with Crippen LogP contribution in [-0.4, -0.2) is 62.6 Å². The molecule has 0 saturated carbocycles. The van der Waals surface area contributed by atoms with Crippen LogP contribution >= 0.6 is 11.3 Å². The molecule has 10 heteroatoms. The summed E-state index contributed by atoms with van der Waals surface area (Å²) in [5.74, 6) is 2.03. The lowest BCUT2D eigenvalue weighted by Crippen LogP contribution is -2.36. The Morgan fingerprint density at radius 3 is 2.37 bits per heavy atom. The van der Waals surface area contributed by atoms with Gasteiger partial charge in [0.05, 0.1) is 26.4 Å². The number of fused-ring (bicyclic) bond motifs is 1. The van der Waals surface area contributed by atoms with E-state index in [-0.39, 0.29) is 5.43 Å². The van der Waals surface area contributed by atoms with Crippen LogP contribution in [0.4, 0.5) is 23.3 Å². The first kappa shape index (κ1) is 22.0. The summed E-state index contributed by atoms with van der Waals surface area (Å²) in [6, 6.07) is 11.5. The standard InChI is InChI=1S/C25H25N5O4S/c31-20-15-22(30-9-13-33-14-10-30)34-23-19(16-35-24(20)23)17-1-3-18(4-2-17)27-25-26-6-5-21(28-25)29-7-11-32-12-8-29/h1-6,15-16H,7-14H2,(H,26,27,28). The minimum Gasteiger partial charge on any atom is -0.439 e. The van der Waals surface area contributed by atoms with Crippen molar-refractivity contribution in [1.29, 1.82) is 0 Å². The maximum absolute atomic E-state index is 12.7. The Kier molecular flexibility index (Phi) is 6.07. The molecule has 1 N–H and O–H groups in total. The van der Waals surface area contributed by atoms with E-state index in [0.29, 0.717) is 61.6 Å². The van der Waals surface area contributed by atoms with Crippen molar-refractivity contribution in [2.75, 3.05) is 67.7 Å². The van der Waals surface area contributed by atoms with Gasteiger partial charge in [-0.15, -0.1) is 11.3 Å². The third kappa shape index (κ3) is 4.60. The molecule has 2 saturated heterocycles. The summed E-state index contributed by atoms with van der Waals surface area (Å²) in [5, 5.41) is 5.27. The van der Waals surface area contributed by atoms with Crippen molar-refractivity contribution < 1.29 is 13.9 Å². The topological polar surface area (TPSA) is 93.0 Å². The second kappa shape index (κ2) is 9.65. The molecule has 0 unspecified atom stereocenters. The maximum atomic E-state index is 12.7. The average molecular weight is 492 g/mol. The van der Waals surface area contributed by atoms with Crippen molar-refractivity contribution in [2.24, 2.45) is 0 Å². The molecule has 0 bridgehead atoms. The van der Waals surface area contributed by atoms with Crippen molar-refractivity contribution in [3.8, 4) is 11.1 Å². The molecule has 1 aromatic carbocycles. The molecule has 3 aromatic heterocycles. The van der Waals surface area contributed by atoms with Gasteiger partial charge < -0.3 is 29.0 Å². The van der Waals surface area contributed by atoms with Crippen LogP contribution in [0.5, 0.6) is 0 Å². The van der Waals surface area contributed by atoms with Gasteiger partial charge in [0.1, 0.15) is 10.5 Å². The van der Waals surface area contributed by atoms with Gasteiger partial charge in [0.25, 0.3) is 0 Å². The van der Waals surface area contributed by atoms with E-state index in [0.717, 1.165) is 35.7 Å². The summed E-state index contributed by atoms with van der Waals surface area (Å²) in [7, 11) is 0. The zero-order chi connectivity index (χ0) is 23.6. The summed E-state index contributed by atoms with van der Waals surface area (Å²) in [5.41, 5.74) is 3.38. The molecule has 5 heterocycles. The molecule has 0 amide bonds. The fourth-order valence-electron chi connectivity index (χ4n) is 4.31. The Labute approximate surface area is 205 Å². The molecule has 9 nitrogen and oxygen atoms in total. The second-order valence-corrected chi connectivity index (χ2v) is 9.28. The molecular formula is C25H25N5O4S. The normalized spacial score (nSPS) is 16.6. The van der Waals surface area contributed by atoms with Gasteiger partial charge in [0.15, 0.2) is 11.5 Å². The molecule has 0 radical (unpaired) electrons. The van der Waals surface area contributed by atoms with E-state index in [1.165, 1.54) is 11.3 Å². The lowest BCUT2D eigenvalue weighted by atomic mass is 10.1. The van der Waals surface area contributed by atoms with Crippen LogP contribution in [0.2, 0.25) is 0 Å². The first-order valence-corrected chi connectivity index (χ1v) is 12.5. The van der Waals surface area contributed by atoms with Gasteiger partial charge in [-0.05, 0) is 23.8 Å². The highest BCUT2D eigenvalue weighted by atomic mass is 32.1. The monoisotopic (exact) mass is 491 g/mol. The fourth-order valence-corrected chi connectivity index (χ4v) is 5.22. The van der Waals surface area contributed by atoms with Crippen molar-refractivity contribution in [3.05, 3.63) is 58.2 Å². The van der Waals surface area contributed by atoms with Crippen LogP contribution in [0.1, 0.15) is 0 Å². The maximum Gasteiger partial charge on any atom is 0.229 e. The van der Waals surface area contributed by atoms with Crippen LogP contribution < -0.4 is 20.5 Å². The molecule has 35 heavy (non-hydrogen) atoms.